The van der Waals surface area contributed by atoms with Crippen LogP contribution in [0.25, 0.3) is 22.0 Å². The Balaban J connectivity index is 1.29. The largest absolute Gasteiger partial charge is 0.352 e. The first-order valence-corrected chi connectivity index (χ1v) is 11.9. The quantitative estimate of drug-likeness (QED) is 0.453. The van der Waals surface area contributed by atoms with Gasteiger partial charge in [0.15, 0.2) is 5.82 Å². The summed E-state index contributed by atoms with van der Waals surface area (Å²) in [6.07, 6.45) is 0. The predicted molar refractivity (Wildman–Crippen MR) is 122 cm³/mol. The van der Waals surface area contributed by atoms with Crippen LogP contribution in [0.15, 0.2) is 77.7 Å². The van der Waals surface area contributed by atoms with Crippen molar-refractivity contribution >= 4 is 26.6 Å². The van der Waals surface area contributed by atoms with E-state index in [9.17, 15) is 17.2 Å². The maximum atomic E-state index is 14.0. The van der Waals surface area contributed by atoms with Crippen LogP contribution in [0.1, 0.15) is 0 Å². The van der Waals surface area contributed by atoms with Gasteiger partial charge in [-0.15, -0.1) is 10.2 Å². The van der Waals surface area contributed by atoms with Gasteiger partial charge in [-0.1, -0.05) is 36.4 Å². The van der Waals surface area contributed by atoms with Gasteiger partial charge in [0.05, 0.1) is 5.69 Å². The summed E-state index contributed by atoms with van der Waals surface area (Å²) in [5.41, 5.74) is 1.71. The molecule has 1 aromatic heterocycles. The van der Waals surface area contributed by atoms with Crippen LogP contribution in [-0.4, -0.2) is 49.1 Å². The molecule has 1 fully saturated rings. The highest BCUT2D eigenvalue weighted by Gasteiger charge is 2.31. The lowest BCUT2D eigenvalue weighted by Gasteiger charge is -2.34. The van der Waals surface area contributed by atoms with Crippen LogP contribution in [0.4, 0.5) is 14.6 Å². The van der Waals surface area contributed by atoms with Crippen molar-refractivity contribution in [1.29, 1.82) is 0 Å². The van der Waals surface area contributed by atoms with E-state index in [1.807, 2.05) is 47.4 Å². The average Bonchev–Trinajstić information content (AvgIpc) is 2.84. The smallest absolute Gasteiger partial charge is 0.246 e. The van der Waals surface area contributed by atoms with Gasteiger partial charge >= 0.3 is 0 Å². The fourth-order valence-electron chi connectivity index (χ4n) is 3.98. The molecule has 0 amide bonds. The van der Waals surface area contributed by atoms with Gasteiger partial charge in [-0.3, -0.25) is 0 Å². The molecular formula is C24H20F2N4O2S. The number of aromatic nitrogens is 2. The fraction of sp³-hybridized carbons (Fsp3) is 0.167. The highest BCUT2D eigenvalue weighted by Crippen LogP contribution is 2.25. The predicted octanol–water partition coefficient (Wildman–Crippen LogP) is 4.09. The Labute approximate surface area is 190 Å². The standard InChI is InChI=1S/C24H20F2N4O2S/c25-20-7-9-23(21(26)16-20)33(31,32)30-13-11-29(12-14-30)24-10-8-22(27-28-24)19-6-5-17-3-1-2-4-18(17)15-19/h1-10,15-16H,11-14H2. The van der Waals surface area contributed by atoms with Crippen molar-refractivity contribution in [1.82, 2.24) is 14.5 Å². The Hall–Kier alpha value is -3.43. The van der Waals surface area contributed by atoms with Gasteiger partial charge in [0.1, 0.15) is 16.5 Å². The molecule has 1 aliphatic rings. The molecule has 0 N–H and O–H groups in total. The second-order valence-electron chi connectivity index (χ2n) is 7.80. The molecule has 0 radical (unpaired) electrons. The third-order valence-corrected chi connectivity index (χ3v) is 7.70. The average molecular weight is 467 g/mol. The van der Waals surface area contributed by atoms with E-state index in [4.69, 9.17) is 0 Å². The minimum absolute atomic E-state index is 0.160. The normalized spacial score (nSPS) is 15.2. The van der Waals surface area contributed by atoms with Crippen molar-refractivity contribution in [2.24, 2.45) is 0 Å². The van der Waals surface area contributed by atoms with Crippen LogP contribution in [0.2, 0.25) is 0 Å². The van der Waals surface area contributed by atoms with Gasteiger partial charge in [-0.25, -0.2) is 17.2 Å². The van der Waals surface area contributed by atoms with E-state index in [0.717, 1.165) is 34.2 Å². The zero-order valence-corrected chi connectivity index (χ0v) is 18.3. The Kier molecular flexibility index (Phi) is 5.51. The number of hydrogen-bond acceptors (Lipinski definition) is 5. The van der Waals surface area contributed by atoms with Crippen molar-refractivity contribution in [3.63, 3.8) is 0 Å². The zero-order chi connectivity index (χ0) is 23.0. The van der Waals surface area contributed by atoms with Crippen LogP contribution < -0.4 is 4.90 Å². The number of nitrogens with zero attached hydrogens (tertiary/aromatic N) is 4. The molecule has 0 atom stereocenters. The molecule has 33 heavy (non-hydrogen) atoms. The maximum absolute atomic E-state index is 14.0. The molecular weight excluding hydrogens is 446 g/mol. The lowest BCUT2D eigenvalue weighted by molar-refractivity contribution is 0.381. The number of benzene rings is 3. The van der Waals surface area contributed by atoms with Gasteiger partial charge in [-0.05, 0) is 41.1 Å². The van der Waals surface area contributed by atoms with E-state index in [1.54, 1.807) is 0 Å². The van der Waals surface area contributed by atoms with Crippen LogP contribution in [0, 0.1) is 11.6 Å². The number of rotatable bonds is 4. The van der Waals surface area contributed by atoms with E-state index >= 15 is 0 Å². The lowest BCUT2D eigenvalue weighted by atomic mass is 10.1. The molecule has 9 heteroatoms. The van der Waals surface area contributed by atoms with Gasteiger partial charge in [0, 0.05) is 37.8 Å². The summed E-state index contributed by atoms with van der Waals surface area (Å²) in [4.78, 5) is 1.42. The van der Waals surface area contributed by atoms with Crippen LogP contribution in [0.5, 0.6) is 0 Å². The second kappa shape index (κ2) is 8.49. The van der Waals surface area contributed by atoms with Crippen LogP contribution in [-0.2, 0) is 10.0 Å². The van der Waals surface area contributed by atoms with Crippen LogP contribution in [0.3, 0.4) is 0 Å². The summed E-state index contributed by atoms with van der Waals surface area (Å²) >= 11 is 0. The Morgan fingerprint density at radius 1 is 0.758 bits per heavy atom. The Morgan fingerprint density at radius 2 is 1.52 bits per heavy atom. The first-order valence-electron chi connectivity index (χ1n) is 10.4. The van der Waals surface area contributed by atoms with E-state index in [0.29, 0.717) is 25.0 Å². The number of sulfonamides is 1. The van der Waals surface area contributed by atoms with Crippen molar-refractivity contribution in [2.45, 2.75) is 4.90 Å². The molecule has 0 bridgehead atoms. The molecule has 1 saturated heterocycles. The number of anilines is 1. The summed E-state index contributed by atoms with van der Waals surface area (Å²) in [6, 6.07) is 20.4. The second-order valence-corrected chi connectivity index (χ2v) is 9.71. The molecule has 5 rings (SSSR count). The van der Waals surface area contributed by atoms with E-state index in [-0.39, 0.29) is 13.1 Å². The van der Waals surface area contributed by atoms with Crippen molar-refractivity contribution in [2.75, 3.05) is 31.1 Å². The summed E-state index contributed by atoms with van der Waals surface area (Å²) in [5.74, 6) is -1.26. The first-order chi connectivity index (χ1) is 15.9. The molecule has 4 aromatic rings. The first kappa shape index (κ1) is 21.4. The highest BCUT2D eigenvalue weighted by atomic mass is 32.2. The molecule has 0 saturated carbocycles. The molecule has 0 unspecified atom stereocenters. The highest BCUT2D eigenvalue weighted by molar-refractivity contribution is 7.89. The van der Waals surface area contributed by atoms with Gasteiger partial charge < -0.3 is 4.90 Å². The minimum Gasteiger partial charge on any atom is -0.352 e. The van der Waals surface area contributed by atoms with Crippen molar-refractivity contribution < 1.29 is 17.2 Å². The maximum Gasteiger partial charge on any atom is 0.246 e. The topological polar surface area (TPSA) is 66.4 Å². The minimum atomic E-state index is -4.05. The van der Waals surface area contributed by atoms with E-state index < -0.39 is 26.6 Å². The number of hydrogen-bond donors (Lipinski definition) is 0. The molecule has 0 spiro atoms. The Morgan fingerprint density at radius 3 is 2.21 bits per heavy atom. The molecule has 6 nitrogen and oxygen atoms in total. The molecule has 2 heterocycles. The molecule has 1 aliphatic heterocycles. The number of fused-ring (bicyclic) bond motifs is 1. The van der Waals surface area contributed by atoms with E-state index in [2.05, 4.69) is 22.3 Å². The number of halogens is 2. The van der Waals surface area contributed by atoms with Gasteiger partial charge in [0.25, 0.3) is 0 Å². The monoisotopic (exact) mass is 466 g/mol. The van der Waals surface area contributed by atoms with Crippen molar-refractivity contribution in [3.05, 3.63) is 84.4 Å². The number of piperazine rings is 1. The molecule has 3 aromatic carbocycles. The Bertz CT molecular complexity index is 1420. The fourth-order valence-corrected chi connectivity index (χ4v) is 5.45. The van der Waals surface area contributed by atoms with Crippen molar-refractivity contribution in [3.8, 4) is 11.3 Å². The lowest BCUT2D eigenvalue weighted by Crippen LogP contribution is -2.49. The summed E-state index contributed by atoms with van der Waals surface area (Å²) in [7, 11) is -4.05. The van der Waals surface area contributed by atoms with Gasteiger partial charge in [-0.2, -0.15) is 4.31 Å². The third kappa shape index (κ3) is 4.17. The van der Waals surface area contributed by atoms with Crippen LogP contribution >= 0.6 is 0 Å². The molecule has 168 valence electrons. The summed E-state index contributed by atoms with van der Waals surface area (Å²) in [5, 5.41) is 11.0. The zero-order valence-electron chi connectivity index (χ0n) is 17.5. The SMILES string of the molecule is O=S(=O)(c1ccc(F)cc1F)N1CCN(c2ccc(-c3ccc4ccccc4c3)nn2)CC1. The third-order valence-electron chi connectivity index (χ3n) is 5.77. The molecule has 0 aliphatic carbocycles. The van der Waals surface area contributed by atoms with E-state index in [1.165, 1.54) is 4.31 Å². The summed E-state index contributed by atoms with van der Waals surface area (Å²) < 4.78 is 53.9. The van der Waals surface area contributed by atoms with Gasteiger partial charge in [0.2, 0.25) is 10.0 Å². The summed E-state index contributed by atoms with van der Waals surface area (Å²) in [6.45, 7) is 1.08.